The van der Waals surface area contributed by atoms with E-state index in [9.17, 15) is 9.59 Å². The molecular formula is C8H9Br2NO2. The minimum absolute atomic E-state index is 0.245. The maximum Gasteiger partial charge on any atom is 0.269 e. The first-order valence-corrected chi connectivity index (χ1v) is 5.59. The van der Waals surface area contributed by atoms with Gasteiger partial charge < -0.3 is 0 Å². The summed E-state index contributed by atoms with van der Waals surface area (Å²) >= 11 is 6.12. The minimum Gasteiger partial charge on any atom is -0.273 e. The quantitative estimate of drug-likeness (QED) is 0.749. The molecule has 13 heavy (non-hydrogen) atoms. The first-order valence-electron chi connectivity index (χ1n) is 4.01. The van der Waals surface area contributed by atoms with Gasteiger partial charge in [-0.2, -0.15) is 0 Å². The number of halogens is 2. The Labute approximate surface area is 93.4 Å². The van der Waals surface area contributed by atoms with Crippen LogP contribution in [0.25, 0.3) is 0 Å². The van der Waals surface area contributed by atoms with Gasteiger partial charge in [-0.15, -0.1) is 0 Å². The number of hydrogen-bond acceptors (Lipinski definition) is 2. The minimum atomic E-state index is -0.245. The van der Waals surface area contributed by atoms with Crippen molar-refractivity contribution in [3.05, 3.63) is 8.96 Å². The molecule has 0 aromatic rings. The lowest BCUT2D eigenvalue weighted by Crippen LogP contribution is -2.31. The molecule has 0 aromatic heterocycles. The average molecular weight is 311 g/mol. The molecule has 0 aliphatic carbocycles. The zero-order chi connectivity index (χ0) is 10.0. The molecule has 2 amide bonds. The summed E-state index contributed by atoms with van der Waals surface area (Å²) in [5, 5.41) is 0. The molecule has 0 spiro atoms. The fraction of sp³-hybridized carbons (Fsp3) is 0.500. The van der Waals surface area contributed by atoms with Gasteiger partial charge in [0.15, 0.2) is 0 Å². The van der Waals surface area contributed by atoms with Gasteiger partial charge in [0.05, 0.1) is 0 Å². The van der Waals surface area contributed by atoms with Gasteiger partial charge in [-0.1, -0.05) is 13.3 Å². The van der Waals surface area contributed by atoms with Crippen LogP contribution in [-0.4, -0.2) is 23.3 Å². The zero-order valence-corrected chi connectivity index (χ0v) is 10.3. The van der Waals surface area contributed by atoms with E-state index < -0.39 is 0 Å². The fourth-order valence-electron chi connectivity index (χ4n) is 1.04. The topological polar surface area (TPSA) is 37.4 Å². The molecule has 0 unspecified atom stereocenters. The summed E-state index contributed by atoms with van der Waals surface area (Å²) in [5.41, 5.74) is 0. The zero-order valence-electron chi connectivity index (χ0n) is 7.14. The van der Waals surface area contributed by atoms with Crippen molar-refractivity contribution in [3.8, 4) is 0 Å². The standard InChI is InChI=1S/C8H9Br2NO2/c1-2-3-4-11-7(12)5(9)6(10)8(11)13/h2-4H2,1H3. The molecule has 0 saturated carbocycles. The summed E-state index contributed by atoms with van der Waals surface area (Å²) in [6, 6.07) is 0. The Hall–Kier alpha value is -0.160. The van der Waals surface area contributed by atoms with E-state index in [4.69, 9.17) is 0 Å². The van der Waals surface area contributed by atoms with E-state index in [2.05, 4.69) is 31.9 Å². The van der Waals surface area contributed by atoms with Crippen molar-refractivity contribution in [2.45, 2.75) is 19.8 Å². The van der Waals surface area contributed by atoms with Crippen molar-refractivity contribution in [2.75, 3.05) is 6.54 Å². The van der Waals surface area contributed by atoms with Crippen LogP contribution < -0.4 is 0 Å². The summed E-state index contributed by atoms with van der Waals surface area (Å²) in [5.74, 6) is -0.490. The summed E-state index contributed by atoms with van der Waals surface area (Å²) in [6.45, 7) is 2.51. The van der Waals surface area contributed by atoms with Crippen LogP contribution in [0.2, 0.25) is 0 Å². The molecule has 72 valence electrons. The Bertz CT molecular complexity index is 262. The lowest BCUT2D eigenvalue weighted by Gasteiger charge is -2.12. The van der Waals surface area contributed by atoms with Gasteiger partial charge >= 0.3 is 0 Å². The van der Waals surface area contributed by atoms with Crippen molar-refractivity contribution in [2.24, 2.45) is 0 Å². The van der Waals surface area contributed by atoms with E-state index >= 15 is 0 Å². The number of imide groups is 1. The lowest BCUT2D eigenvalue weighted by atomic mass is 10.3. The highest BCUT2D eigenvalue weighted by Crippen LogP contribution is 2.29. The van der Waals surface area contributed by atoms with E-state index in [0.29, 0.717) is 15.5 Å². The molecule has 0 fully saturated rings. The molecular weight excluding hydrogens is 302 g/mol. The Balaban J connectivity index is 2.73. The summed E-state index contributed by atoms with van der Waals surface area (Å²) in [7, 11) is 0. The van der Waals surface area contributed by atoms with Gasteiger partial charge in [0, 0.05) is 6.54 Å². The van der Waals surface area contributed by atoms with Crippen LogP contribution in [0, 0.1) is 0 Å². The van der Waals surface area contributed by atoms with E-state index in [1.807, 2.05) is 6.92 Å². The smallest absolute Gasteiger partial charge is 0.269 e. The van der Waals surface area contributed by atoms with Crippen molar-refractivity contribution >= 4 is 43.7 Å². The molecule has 0 bridgehead atoms. The van der Waals surface area contributed by atoms with Crippen LogP contribution >= 0.6 is 31.9 Å². The summed E-state index contributed by atoms with van der Waals surface area (Å²) < 4.78 is 0.655. The number of carbonyl (C=O) groups is 2. The number of unbranched alkanes of at least 4 members (excludes halogenated alkanes) is 1. The van der Waals surface area contributed by atoms with Gasteiger partial charge in [0.1, 0.15) is 8.96 Å². The van der Waals surface area contributed by atoms with Gasteiger partial charge in [0.2, 0.25) is 0 Å². The number of carbonyl (C=O) groups excluding carboxylic acids is 2. The Morgan fingerprint density at radius 3 is 2.00 bits per heavy atom. The highest BCUT2D eigenvalue weighted by atomic mass is 79.9. The molecule has 0 atom stereocenters. The molecule has 0 radical (unpaired) electrons. The number of hydrogen-bond donors (Lipinski definition) is 0. The van der Waals surface area contributed by atoms with Crippen molar-refractivity contribution < 1.29 is 9.59 Å². The monoisotopic (exact) mass is 309 g/mol. The van der Waals surface area contributed by atoms with Crippen LogP contribution in [0.4, 0.5) is 0 Å². The second-order valence-electron chi connectivity index (χ2n) is 2.74. The van der Waals surface area contributed by atoms with Crippen LogP contribution in [0.15, 0.2) is 8.96 Å². The third kappa shape index (κ3) is 2.02. The van der Waals surface area contributed by atoms with Crippen LogP contribution in [0.3, 0.4) is 0 Å². The third-order valence-electron chi connectivity index (χ3n) is 1.79. The Morgan fingerprint density at radius 1 is 1.15 bits per heavy atom. The predicted molar refractivity (Wildman–Crippen MR) is 56.5 cm³/mol. The molecule has 1 aliphatic heterocycles. The average Bonchev–Trinajstić information content (AvgIpc) is 2.30. The normalized spacial score (nSPS) is 17.6. The van der Waals surface area contributed by atoms with E-state index in [1.54, 1.807) is 0 Å². The maximum atomic E-state index is 11.4. The molecule has 5 heteroatoms. The van der Waals surface area contributed by atoms with Crippen LogP contribution in [-0.2, 0) is 9.59 Å². The first-order chi connectivity index (χ1) is 6.09. The first kappa shape index (κ1) is 10.9. The Kier molecular flexibility index (Phi) is 3.67. The third-order valence-corrected chi connectivity index (χ3v) is 3.80. The van der Waals surface area contributed by atoms with Crippen LogP contribution in [0.5, 0.6) is 0 Å². The largest absolute Gasteiger partial charge is 0.273 e. The van der Waals surface area contributed by atoms with Crippen molar-refractivity contribution in [1.82, 2.24) is 4.90 Å². The second-order valence-corrected chi connectivity index (χ2v) is 4.33. The maximum absolute atomic E-state index is 11.4. The van der Waals surface area contributed by atoms with Crippen LogP contribution in [0.1, 0.15) is 19.8 Å². The lowest BCUT2D eigenvalue weighted by molar-refractivity contribution is -0.137. The molecule has 3 nitrogen and oxygen atoms in total. The molecule has 1 heterocycles. The second kappa shape index (κ2) is 4.37. The number of amides is 2. The van der Waals surface area contributed by atoms with Gasteiger partial charge in [-0.25, -0.2) is 0 Å². The molecule has 1 rings (SSSR count). The highest BCUT2D eigenvalue weighted by Gasteiger charge is 2.34. The van der Waals surface area contributed by atoms with Gasteiger partial charge in [-0.3, -0.25) is 14.5 Å². The van der Waals surface area contributed by atoms with Crippen molar-refractivity contribution in [1.29, 1.82) is 0 Å². The fourth-order valence-corrected chi connectivity index (χ4v) is 1.80. The molecule has 0 saturated heterocycles. The van der Waals surface area contributed by atoms with E-state index in [0.717, 1.165) is 12.8 Å². The van der Waals surface area contributed by atoms with E-state index in [-0.39, 0.29) is 11.8 Å². The molecule has 1 aliphatic rings. The number of nitrogens with zero attached hydrogens (tertiary/aromatic N) is 1. The van der Waals surface area contributed by atoms with Crippen molar-refractivity contribution in [3.63, 3.8) is 0 Å². The van der Waals surface area contributed by atoms with Gasteiger partial charge in [0.25, 0.3) is 11.8 Å². The Morgan fingerprint density at radius 2 is 1.62 bits per heavy atom. The summed E-state index contributed by atoms with van der Waals surface area (Å²) in [6.07, 6.45) is 1.81. The molecule has 0 aromatic carbocycles. The summed E-state index contributed by atoms with van der Waals surface area (Å²) in [4.78, 5) is 24.1. The highest BCUT2D eigenvalue weighted by molar-refractivity contribution is 9.14. The predicted octanol–water partition coefficient (Wildman–Crippen LogP) is 2.16. The van der Waals surface area contributed by atoms with E-state index in [1.165, 1.54) is 4.90 Å². The van der Waals surface area contributed by atoms with Gasteiger partial charge in [-0.05, 0) is 38.3 Å². The SMILES string of the molecule is CCCCN1C(=O)C(Br)=C(Br)C1=O. The number of rotatable bonds is 3. The molecule has 0 N–H and O–H groups in total.